The monoisotopic (exact) mass is 306 g/mol. The number of rotatable bonds is 3. The summed E-state index contributed by atoms with van der Waals surface area (Å²) in [6.07, 6.45) is 4.54. The summed E-state index contributed by atoms with van der Waals surface area (Å²) in [5.74, 6) is 0.797. The molecule has 0 amide bonds. The highest BCUT2D eigenvalue weighted by Gasteiger charge is 2.17. The summed E-state index contributed by atoms with van der Waals surface area (Å²) in [5.41, 5.74) is 6.76. The van der Waals surface area contributed by atoms with E-state index in [9.17, 15) is 4.39 Å². The van der Waals surface area contributed by atoms with Crippen molar-refractivity contribution < 1.29 is 4.39 Å². The van der Waals surface area contributed by atoms with Crippen molar-refractivity contribution in [1.82, 2.24) is 14.8 Å². The van der Waals surface area contributed by atoms with Gasteiger partial charge in [0.15, 0.2) is 5.16 Å². The third kappa shape index (κ3) is 3.11. The minimum absolute atomic E-state index is 0.213. The first-order chi connectivity index (χ1) is 10.1. The van der Waals surface area contributed by atoms with E-state index in [1.54, 1.807) is 6.07 Å². The van der Waals surface area contributed by atoms with Gasteiger partial charge in [-0.25, -0.2) is 4.39 Å². The second-order valence-electron chi connectivity index (χ2n) is 5.43. The summed E-state index contributed by atoms with van der Waals surface area (Å²) < 4.78 is 15.6. The van der Waals surface area contributed by atoms with Crippen molar-refractivity contribution in [2.24, 2.45) is 5.73 Å². The zero-order chi connectivity index (χ0) is 14.8. The Balaban J connectivity index is 1.92. The van der Waals surface area contributed by atoms with Crippen molar-refractivity contribution in [3.8, 4) is 0 Å². The van der Waals surface area contributed by atoms with Crippen LogP contribution in [0.5, 0.6) is 0 Å². The van der Waals surface area contributed by atoms with Gasteiger partial charge in [0.1, 0.15) is 11.6 Å². The molecule has 1 aromatic carbocycles. The van der Waals surface area contributed by atoms with Crippen molar-refractivity contribution in [3.05, 3.63) is 35.4 Å². The molecular formula is C15H19FN4S. The van der Waals surface area contributed by atoms with Gasteiger partial charge in [0.05, 0.1) is 0 Å². The van der Waals surface area contributed by atoms with Gasteiger partial charge in [-0.1, -0.05) is 6.42 Å². The van der Waals surface area contributed by atoms with Crippen molar-refractivity contribution in [2.75, 3.05) is 0 Å². The quantitative estimate of drug-likeness (QED) is 0.945. The maximum Gasteiger partial charge on any atom is 0.196 e. The number of nitrogens with two attached hydrogens (primary N) is 1. The van der Waals surface area contributed by atoms with Crippen molar-refractivity contribution in [2.45, 2.75) is 55.2 Å². The Kier molecular flexibility index (Phi) is 4.26. The molecule has 0 aliphatic carbocycles. The number of aromatic nitrogens is 3. The Morgan fingerprint density at radius 1 is 1.29 bits per heavy atom. The second kappa shape index (κ2) is 6.15. The number of hydrogen-bond acceptors (Lipinski definition) is 4. The van der Waals surface area contributed by atoms with E-state index in [-0.39, 0.29) is 11.9 Å². The summed E-state index contributed by atoms with van der Waals surface area (Å²) in [7, 11) is 0. The highest BCUT2D eigenvalue weighted by Crippen LogP contribution is 2.33. The Hall–Kier alpha value is -1.40. The molecule has 0 saturated heterocycles. The maximum absolute atomic E-state index is 13.4. The lowest BCUT2D eigenvalue weighted by Crippen LogP contribution is -2.07. The minimum atomic E-state index is -0.258. The van der Waals surface area contributed by atoms with Crippen LogP contribution < -0.4 is 5.73 Å². The van der Waals surface area contributed by atoms with Crippen LogP contribution in [0.1, 0.15) is 43.6 Å². The van der Waals surface area contributed by atoms with Crippen LogP contribution in [0.3, 0.4) is 0 Å². The van der Waals surface area contributed by atoms with Crippen molar-refractivity contribution >= 4 is 11.8 Å². The average Bonchev–Trinajstić information content (AvgIpc) is 2.69. The van der Waals surface area contributed by atoms with E-state index in [0.717, 1.165) is 40.8 Å². The SMILES string of the molecule is C[C@H](N)c1cc(F)ccc1Sc1nnc2n1CCCCC2. The van der Waals surface area contributed by atoms with Crippen LogP contribution in [0.15, 0.2) is 28.3 Å². The van der Waals surface area contributed by atoms with E-state index in [2.05, 4.69) is 14.8 Å². The van der Waals surface area contributed by atoms with Crippen molar-refractivity contribution in [1.29, 1.82) is 0 Å². The van der Waals surface area contributed by atoms with Gasteiger partial charge in [-0.05, 0) is 55.3 Å². The molecule has 1 atom stereocenters. The highest BCUT2D eigenvalue weighted by molar-refractivity contribution is 7.99. The fourth-order valence-electron chi connectivity index (χ4n) is 2.60. The Labute approximate surface area is 127 Å². The molecule has 1 aliphatic rings. The molecule has 0 unspecified atom stereocenters. The summed E-state index contributed by atoms with van der Waals surface area (Å²) in [4.78, 5) is 0.950. The van der Waals surface area contributed by atoms with E-state index in [0.29, 0.717) is 0 Å². The van der Waals surface area contributed by atoms with Gasteiger partial charge < -0.3 is 10.3 Å². The molecule has 1 aromatic heterocycles. The molecular weight excluding hydrogens is 287 g/mol. The van der Waals surface area contributed by atoms with Gasteiger partial charge in [-0.15, -0.1) is 10.2 Å². The van der Waals surface area contributed by atoms with Crippen LogP contribution in [0.2, 0.25) is 0 Å². The lowest BCUT2D eigenvalue weighted by molar-refractivity contribution is 0.590. The Bertz CT molecular complexity index is 639. The number of nitrogens with zero attached hydrogens (tertiary/aromatic N) is 3. The third-order valence-corrected chi connectivity index (χ3v) is 4.82. The van der Waals surface area contributed by atoms with Gasteiger partial charge in [0, 0.05) is 23.9 Å². The average molecular weight is 306 g/mol. The van der Waals surface area contributed by atoms with Crippen LogP contribution in [0.25, 0.3) is 0 Å². The molecule has 1 aliphatic heterocycles. The minimum Gasteiger partial charge on any atom is -0.324 e. The van der Waals surface area contributed by atoms with Gasteiger partial charge >= 0.3 is 0 Å². The molecule has 2 N–H and O–H groups in total. The topological polar surface area (TPSA) is 56.7 Å². The predicted octanol–water partition coefficient (Wildman–Crippen LogP) is 3.31. The largest absolute Gasteiger partial charge is 0.324 e. The summed E-state index contributed by atoms with van der Waals surface area (Å²) >= 11 is 1.52. The molecule has 0 saturated carbocycles. The zero-order valence-corrected chi connectivity index (χ0v) is 12.9. The second-order valence-corrected chi connectivity index (χ2v) is 6.44. The number of hydrogen-bond donors (Lipinski definition) is 1. The predicted molar refractivity (Wildman–Crippen MR) is 80.7 cm³/mol. The van der Waals surface area contributed by atoms with Crippen LogP contribution in [-0.4, -0.2) is 14.8 Å². The number of halogens is 1. The molecule has 0 spiro atoms. The number of aryl methyl sites for hydroxylation is 1. The fraction of sp³-hybridized carbons (Fsp3) is 0.467. The molecule has 2 heterocycles. The van der Waals surface area contributed by atoms with E-state index in [1.807, 2.05) is 6.92 Å². The molecule has 112 valence electrons. The normalized spacial score (nSPS) is 16.3. The number of fused-ring (bicyclic) bond motifs is 1. The first-order valence-electron chi connectivity index (χ1n) is 7.30. The van der Waals surface area contributed by atoms with Crippen LogP contribution in [-0.2, 0) is 13.0 Å². The first kappa shape index (κ1) is 14.5. The first-order valence-corrected chi connectivity index (χ1v) is 8.12. The third-order valence-electron chi connectivity index (χ3n) is 3.74. The van der Waals surface area contributed by atoms with Gasteiger partial charge in [-0.3, -0.25) is 0 Å². The lowest BCUT2D eigenvalue weighted by atomic mass is 10.1. The van der Waals surface area contributed by atoms with Crippen LogP contribution in [0, 0.1) is 5.82 Å². The van der Waals surface area contributed by atoms with Gasteiger partial charge in [-0.2, -0.15) is 0 Å². The Morgan fingerprint density at radius 3 is 2.95 bits per heavy atom. The van der Waals surface area contributed by atoms with E-state index in [4.69, 9.17) is 5.73 Å². The number of benzene rings is 1. The molecule has 2 aromatic rings. The molecule has 0 radical (unpaired) electrons. The Morgan fingerprint density at radius 2 is 2.14 bits per heavy atom. The molecule has 3 rings (SSSR count). The molecule has 21 heavy (non-hydrogen) atoms. The van der Waals surface area contributed by atoms with Gasteiger partial charge in [0.25, 0.3) is 0 Å². The van der Waals surface area contributed by atoms with Gasteiger partial charge in [0.2, 0.25) is 0 Å². The molecule has 0 fully saturated rings. The molecule has 4 nitrogen and oxygen atoms in total. The lowest BCUT2D eigenvalue weighted by Gasteiger charge is -2.13. The zero-order valence-electron chi connectivity index (χ0n) is 12.1. The summed E-state index contributed by atoms with van der Waals surface area (Å²) in [6.45, 7) is 2.82. The van der Waals surface area contributed by atoms with Crippen LogP contribution >= 0.6 is 11.8 Å². The molecule has 6 heteroatoms. The standard InChI is InChI=1S/C15H19FN4S/c1-10(17)12-9-11(16)6-7-13(12)21-15-19-18-14-5-3-2-4-8-20(14)15/h6-7,9-10H,2-5,8,17H2,1H3/t10-/m0/s1. The summed E-state index contributed by atoms with van der Waals surface area (Å²) in [5, 5.41) is 9.47. The molecule has 0 bridgehead atoms. The smallest absolute Gasteiger partial charge is 0.196 e. The van der Waals surface area contributed by atoms with E-state index in [1.165, 1.54) is 36.7 Å². The fourth-order valence-corrected chi connectivity index (χ4v) is 3.68. The van der Waals surface area contributed by atoms with Crippen molar-refractivity contribution in [3.63, 3.8) is 0 Å². The maximum atomic E-state index is 13.4. The van der Waals surface area contributed by atoms with E-state index < -0.39 is 0 Å². The summed E-state index contributed by atoms with van der Waals surface area (Å²) in [6, 6.07) is 4.53. The van der Waals surface area contributed by atoms with E-state index >= 15 is 0 Å². The van der Waals surface area contributed by atoms with Crippen LogP contribution in [0.4, 0.5) is 4.39 Å². The highest BCUT2D eigenvalue weighted by atomic mass is 32.2.